The fourth-order valence-corrected chi connectivity index (χ4v) is 1.91. The molecule has 100 valence electrons. The van der Waals surface area contributed by atoms with Gasteiger partial charge in [0.05, 0.1) is 5.39 Å². The van der Waals surface area contributed by atoms with E-state index in [2.05, 4.69) is 20.3 Å². The van der Waals surface area contributed by atoms with Gasteiger partial charge in [-0.3, -0.25) is 4.98 Å². The molecule has 0 aliphatic carbocycles. The van der Waals surface area contributed by atoms with Gasteiger partial charge in [-0.05, 0) is 29.8 Å². The molecule has 0 aliphatic heterocycles. The van der Waals surface area contributed by atoms with E-state index in [1.54, 1.807) is 24.4 Å². The van der Waals surface area contributed by atoms with Crippen LogP contribution in [0.5, 0.6) is 0 Å². The van der Waals surface area contributed by atoms with E-state index in [-0.39, 0.29) is 5.82 Å². The SMILES string of the molecule is O=c1nc(NCc2ccc(F)cc2)c2cccnc2[nH]1. The van der Waals surface area contributed by atoms with Crippen LogP contribution < -0.4 is 11.0 Å². The normalized spacial score (nSPS) is 10.7. The Labute approximate surface area is 113 Å². The molecule has 0 fully saturated rings. The molecule has 0 radical (unpaired) electrons. The van der Waals surface area contributed by atoms with Crippen LogP contribution in [-0.4, -0.2) is 15.0 Å². The lowest BCUT2D eigenvalue weighted by molar-refractivity contribution is 0.627. The first-order chi connectivity index (χ1) is 9.72. The number of rotatable bonds is 3. The van der Waals surface area contributed by atoms with Gasteiger partial charge in [-0.25, -0.2) is 14.2 Å². The molecule has 0 spiro atoms. The third-order valence-corrected chi connectivity index (χ3v) is 2.87. The third kappa shape index (κ3) is 2.49. The first-order valence-corrected chi connectivity index (χ1v) is 6.06. The number of fused-ring (bicyclic) bond motifs is 1. The molecule has 3 rings (SSSR count). The summed E-state index contributed by atoms with van der Waals surface area (Å²) in [5.74, 6) is 0.179. The Kier molecular flexibility index (Phi) is 3.12. The second-order valence-electron chi connectivity index (χ2n) is 4.27. The van der Waals surface area contributed by atoms with E-state index >= 15 is 0 Å². The number of halogens is 1. The Morgan fingerprint density at radius 1 is 1.20 bits per heavy atom. The number of anilines is 1. The fraction of sp³-hybridized carbons (Fsp3) is 0.0714. The summed E-state index contributed by atoms with van der Waals surface area (Å²) in [4.78, 5) is 22.0. The maximum Gasteiger partial charge on any atom is 0.348 e. The van der Waals surface area contributed by atoms with Crippen molar-refractivity contribution in [3.63, 3.8) is 0 Å². The smallest absolute Gasteiger partial charge is 0.348 e. The molecule has 5 nitrogen and oxygen atoms in total. The monoisotopic (exact) mass is 270 g/mol. The van der Waals surface area contributed by atoms with Gasteiger partial charge in [-0.15, -0.1) is 0 Å². The summed E-state index contributed by atoms with van der Waals surface area (Å²) < 4.78 is 12.8. The standard InChI is InChI=1S/C14H11FN4O/c15-10-5-3-9(4-6-10)8-17-13-11-2-1-7-16-12(11)18-14(20)19-13/h1-7H,8H2,(H2,16,17,18,19,20). The molecular weight excluding hydrogens is 259 g/mol. The number of nitrogens with one attached hydrogen (secondary N) is 2. The van der Waals surface area contributed by atoms with Crippen molar-refractivity contribution in [2.24, 2.45) is 0 Å². The van der Waals surface area contributed by atoms with Gasteiger partial charge in [0.15, 0.2) is 0 Å². The Balaban J connectivity index is 1.90. The number of aromatic nitrogens is 3. The fourth-order valence-electron chi connectivity index (χ4n) is 1.91. The average Bonchev–Trinajstić information content (AvgIpc) is 2.46. The van der Waals surface area contributed by atoms with Gasteiger partial charge < -0.3 is 5.32 Å². The summed E-state index contributed by atoms with van der Waals surface area (Å²) in [5, 5.41) is 3.80. The van der Waals surface area contributed by atoms with E-state index in [4.69, 9.17) is 0 Å². The highest BCUT2D eigenvalue weighted by Crippen LogP contribution is 2.16. The zero-order valence-electron chi connectivity index (χ0n) is 10.4. The topological polar surface area (TPSA) is 70.7 Å². The maximum atomic E-state index is 12.8. The van der Waals surface area contributed by atoms with Crippen LogP contribution in [0, 0.1) is 5.82 Å². The van der Waals surface area contributed by atoms with Gasteiger partial charge in [-0.2, -0.15) is 4.98 Å². The number of hydrogen-bond acceptors (Lipinski definition) is 4. The molecule has 1 aromatic carbocycles. The molecule has 2 N–H and O–H groups in total. The predicted molar refractivity (Wildman–Crippen MR) is 73.9 cm³/mol. The van der Waals surface area contributed by atoms with Crippen LogP contribution in [0.25, 0.3) is 11.0 Å². The van der Waals surface area contributed by atoms with Crippen molar-refractivity contribution in [3.05, 3.63) is 64.5 Å². The highest BCUT2D eigenvalue weighted by Gasteiger charge is 2.05. The Morgan fingerprint density at radius 3 is 2.80 bits per heavy atom. The van der Waals surface area contributed by atoms with Crippen molar-refractivity contribution in [3.8, 4) is 0 Å². The summed E-state index contributed by atoms with van der Waals surface area (Å²) in [5.41, 5.74) is 0.914. The zero-order chi connectivity index (χ0) is 13.9. The van der Waals surface area contributed by atoms with Crippen molar-refractivity contribution >= 4 is 16.9 Å². The van der Waals surface area contributed by atoms with Gasteiger partial charge in [0.25, 0.3) is 0 Å². The Hall–Kier alpha value is -2.76. The van der Waals surface area contributed by atoms with E-state index in [0.29, 0.717) is 18.0 Å². The van der Waals surface area contributed by atoms with Crippen LogP contribution in [0.15, 0.2) is 47.4 Å². The summed E-state index contributed by atoms with van der Waals surface area (Å²) >= 11 is 0. The minimum atomic E-state index is -0.460. The Morgan fingerprint density at radius 2 is 2.00 bits per heavy atom. The van der Waals surface area contributed by atoms with E-state index < -0.39 is 5.69 Å². The quantitative estimate of drug-likeness (QED) is 0.764. The third-order valence-electron chi connectivity index (χ3n) is 2.87. The molecule has 0 saturated carbocycles. The van der Waals surface area contributed by atoms with E-state index in [9.17, 15) is 9.18 Å². The van der Waals surface area contributed by atoms with Gasteiger partial charge in [0, 0.05) is 12.7 Å². The number of aromatic amines is 1. The molecule has 3 aromatic rings. The highest BCUT2D eigenvalue weighted by atomic mass is 19.1. The first kappa shape index (κ1) is 12.3. The van der Waals surface area contributed by atoms with Gasteiger partial charge in [0.2, 0.25) is 0 Å². The molecule has 0 saturated heterocycles. The molecule has 0 unspecified atom stereocenters. The minimum absolute atomic E-state index is 0.280. The molecule has 20 heavy (non-hydrogen) atoms. The number of benzene rings is 1. The minimum Gasteiger partial charge on any atom is -0.365 e. The van der Waals surface area contributed by atoms with E-state index in [1.165, 1.54) is 12.1 Å². The second-order valence-corrected chi connectivity index (χ2v) is 4.27. The molecular formula is C14H11FN4O. The average molecular weight is 270 g/mol. The molecule has 2 aromatic heterocycles. The van der Waals surface area contributed by atoms with Gasteiger partial charge in [0.1, 0.15) is 17.3 Å². The van der Waals surface area contributed by atoms with Crippen LogP contribution in [-0.2, 0) is 6.54 Å². The highest BCUT2D eigenvalue weighted by molar-refractivity contribution is 5.85. The lowest BCUT2D eigenvalue weighted by Crippen LogP contribution is -2.14. The first-order valence-electron chi connectivity index (χ1n) is 6.06. The Bertz CT molecular complexity index is 798. The largest absolute Gasteiger partial charge is 0.365 e. The molecule has 0 aliphatic rings. The van der Waals surface area contributed by atoms with Crippen LogP contribution in [0.1, 0.15) is 5.56 Å². The van der Waals surface area contributed by atoms with Crippen molar-refractivity contribution < 1.29 is 4.39 Å². The van der Waals surface area contributed by atoms with Gasteiger partial charge >= 0.3 is 5.69 Å². The van der Waals surface area contributed by atoms with Crippen molar-refractivity contribution in [1.29, 1.82) is 0 Å². The van der Waals surface area contributed by atoms with Crippen LogP contribution >= 0.6 is 0 Å². The molecule has 2 heterocycles. The van der Waals surface area contributed by atoms with Crippen molar-refractivity contribution in [2.45, 2.75) is 6.54 Å². The van der Waals surface area contributed by atoms with Crippen LogP contribution in [0.4, 0.5) is 10.2 Å². The van der Waals surface area contributed by atoms with Gasteiger partial charge in [-0.1, -0.05) is 12.1 Å². The van der Waals surface area contributed by atoms with E-state index in [1.807, 2.05) is 6.07 Å². The number of pyridine rings is 1. The van der Waals surface area contributed by atoms with Crippen molar-refractivity contribution in [2.75, 3.05) is 5.32 Å². The van der Waals surface area contributed by atoms with Crippen LogP contribution in [0.2, 0.25) is 0 Å². The molecule has 0 atom stereocenters. The van der Waals surface area contributed by atoms with E-state index in [0.717, 1.165) is 10.9 Å². The summed E-state index contributed by atoms with van der Waals surface area (Å²) in [6, 6.07) is 9.72. The lowest BCUT2D eigenvalue weighted by atomic mass is 10.2. The second kappa shape index (κ2) is 5.08. The summed E-state index contributed by atoms with van der Waals surface area (Å²) in [6.45, 7) is 0.445. The van der Waals surface area contributed by atoms with Crippen LogP contribution in [0.3, 0.4) is 0 Å². The summed E-state index contributed by atoms with van der Waals surface area (Å²) in [6.07, 6.45) is 1.60. The molecule has 0 bridgehead atoms. The molecule has 6 heteroatoms. The lowest BCUT2D eigenvalue weighted by Gasteiger charge is -2.07. The predicted octanol–water partition coefficient (Wildman–Crippen LogP) is 2.07. The number of H-pyrrole nitrogens is 1. The maximum absolute atomic E-state index is 12.8. The molecule has 0 amide bonds. The number of hydrogen-bond donors (Lipinski definition) is 2. The van der Waals surface area contributed by atoms with Crippen molar-refractivity contribution in [1.82, 2.24) is 15.0 Å². The summed E-state index contributed by atoms with van der Waals surface area (Å²) in [7, 11) is 0. The zero-order valence-corrected chi connectivity index (χ0v) is 10.4. The number of nitrogens with zero attached hydrogens (tertiary/aromatic N) is 2.